The molecule has 0 aromatic heterocycles. The number of aliphatic hydroxyl groups is 1. The first-order chi connectivity index (χ1) is 16.9. The molecule has 1 unspecified atom stereocenters. The molecule has 3 aliphatic rings. The minimum atomic E-state index is -0.767. The van der Waals surface area contributed by atoms with Gasteiger partial charge in [0.15, 0.2) is 0 Å². The lowest BCUT2D eigenvalue weighted by Gasteiger charge is -2.42. The Labute approximate surface area is 205 Å². The third kappa shape index (κ3) is 4.29. The number of amides is 1. The number of nitrogens with zero attached hydrogens (tertiary/aromatic N) is 4. The number of anilines is 1. The van der Waals surface area contributed by atoms with E-state index in [0.717, 1.165) is 51.1 Å². The van der Waals surface area contributed by atoms with E-state index in [-0.39, 0.29) is 17.8 Å². The van der Waals surface area contributed by atoms with Crippen LogP contribution in [0.4, 0.5) is 10.1 Å². The van der Waals surface area contributed by atoms with E-state index in [9.17, 15) is 14.3 Å². The molecule has 1 N–H and O–H groups in total. The molecule has 35 heavy (non-hydrogen) atoms. The molecular weight excluding hydrogens is 447 g/mol. The summed E-state index contributed by atoms with van der Waals surface area (Å²) in [6.07, 6.45) is 0.890. The maximum atomic E-state index is 14.2. The number of fused-ring (bicyclic) bond motifs is 3. The highest BCUT2D eigenvalue weighted by atomic mass is 19.1. The zero-order chi connectivity index (χ0) is 24.6. The first kappa shape index (κ1) is 23.8. The fourth-order valence-electron chi connectivity index (χ4n) is 5.89. The second-order valence-electron chi connectivity index (χ2n) is 9.73. The molecule has 186 valence electrons. The van der Waals surface area contributed by atoms with Crippen molar-refractivity contribution in [3.63, 3.8) is 0 Å². The maximum absolute atomic E-state index is 14.2. The van der Waals surface area contributed by atoms with E-state index < -0.39 is 11.5 Å². The van der Waals surface area contributed by atoms with E-state index >= 15 is 0 Å². The van der Waals surface area contributed by atoms with Gasteiger partial charge in [-0.3, -0.25) is 14.7 Å². The summed E-state index contributed by atoms with van der Waals surface area (Å²) in [5.74, 6) is 0.387. The van der Waals surface area contributed by atoms with Crippen molar-refractivity contribution < 1.29 is 19.0 Å². The second kappa shape index (κ2) is 9.59. The number of carbonyl (C=O) groups is 1. The zero-order valence-corrected chi connectivity index (χ0v) is 20.4. The first-order valence-corrected chi connectivity index (χ1v) is 12.4. The Morgan fingerprint density at radius 2 is 1.94 bits per heavy atom. The number of hydrazone groups is 1. The summed E-state index contributed by atoms with van der Waals surface area (Å²) in [6, 6.07) is 14.5. The van der Waals surface area contributed by atoms with Gasteiger partial charge in [0, 0.05) is 39.2 Å². The average molecular weight is 481 g/mol. The Kier molecular flexibility index (Phi) is 6.51. The summed E-state index contributed by atoms with van der Waals surface area (Å²) in [7, 11) is 0. The van der Waals surface area contributed by atoms with E-state index in [1.165, 1.54) is 12.1 Å². The van der Waals surface area contributed by atoms with Gasteiger partial charge in [0.25, 0.3) is 0 Å². The lowest BCUT2D eigenvalue weighted by atomic mass is 9.66. The molecule has 0 bridgehead atoms. The SMILES string of the molecule is CC(=O)N1CCN(CCC[C@]2(c3ccccc3)C([C@@H](C)O)=NN3c4cc(F)ccc4OCC32)CC1. The molecule has 2 aromatic rings. The molecule has 3 aliphatic heterocycles. The van der Waals surface area contributed by atoms with Gasteiger partial charge in [-0.1, -0.05) is 30.3 Å². The van der Waals surface area contributed by atoms with Crippen LogP contribution in [0.2, 0.25) is 0 Å². The number of aliphatic hydroxyl groups excluding tert-OH is 1. The van der Waals surface area contributed by atoms with Gasteiger partial charge >= 0.3 is 0 Å². The third-order valence-corrected chi connectivity index (χ3v) is 7.65. The lowest BCUT2D eigenvalue weighted by molar-refractivity contribution is -0.130. The molecule has 0 radical (unpaired) electrons. The van der Waals surface area contributed by atoms with E-state index in [2.05, 4.69) is 17.0 Å². The molecule has 7 nitrogen and oxygen atoms in total. The quantitative estimate of drug-likeness (QED) is 0.689. The molecule has 0 saturated carbocycles. The number of ether oxygens (including phenoxy) is 1. The Morgan fingerprint density at radius 1 is 1.20 bits per heavy atom. The van der Waals surface area contributed by atoms with Crippen LogP contribution in [0.25, 0.3) is 0 Å². The topological polar surface area (TPSA) is 68.6 Å². The Morgan fingerprint density at radius 3 is 2.63 bits per heavy atom. The largest absolute Gasteiger partial charge is 0.489 e. The molecule has 1 saturated heterocycles. The van der Waals surface area contributed by atoms with Crippen molar-refractivity contribution in [2.45, 2.75) is 44.2 Å². The van der Waals surface area contributed by atoms with Crippen molar-refractivity contribution in [1.29, 1.82) is 0 Å². The van der Waals surface area contributed by atoms with Gasteiger partial charge in [-0.05, 0) is 44.0 Å². The molecule has 3 atom stereocenters. The average Bonchev–Trinajstić information content (AvgIpc) is 3.21. The summed E-state index contributed by atoms with van der Waals surface area (Å²) in [4.78, 5) is 16.0. The minimum Gasteiger partial charge on any atom is -0.489 e. The highest BCUT2D eigenvalue weighted by molar-refractivity contribution is 6.02. The zero-order valence-electron chi connectivity index (χ0n) is 20.4. The van der Waals surface area contributed by atoms with E-state index in [4.69, 9.17) is 9.84 Å². The van der Waals surface area contributed by atoms with Gasteiger partial charge in [0.1, 0.15) is 29.9 Å². The van der Waals surface area contributed by atoms with Gasteiger partial charge in [-0.2, -0.15) is 5.10 Å². The van der Waals surface area contributed by atoms with Crippen LogP contribution in [0.15, 0.2) is 53.6 Å². The Hall–Kier alpha value is -2.97. The molecular formula is C27H33FN4O3. The fourth-order valence-corrected chi connectivity index (χ4v) is 5.89. The van der Waals surface area contributed by atoms with Crippen LogP contribution >= 0.6 is 0 Å². The Balaban J connectivity index is 1.44. The van der Waals surface area contributed by atoms with Crippen LogP contribution in [0.5, 0.6) is 5.75 Å². The third-order valence-electron chi connectivity index (χ3n) is 7.65. The number of halogens is 1. The number of carbonyl (C=O) groups excluding carboxylic acids is 1. The molecule has 0 aliphatic carbocycles. The maximum Gasteiger partial charge on any atom is 0.219 e. The van der Waals surface area contributed by atoms with Crippen LogP contribution in [0.1, 0.15) is 32.3 Å². The smallest absolute Gasteiger partial charge is 0.219 e. The first-order valence-electron chi connectivity index (χ1n) is 12.4. The second-order valence-corrected chi connectivity index (χ2v) is 9.73. The number of benzene rings is 2. The van der Waals surface area contributed by atoms with Gasteiger partial charge in [-0.25, -0.2) is 4.39 Å². The molecule has 5 rings (SSSR count). The van der Waals surface area contributed by atoms with Crippen molar-refractivity contribution in [3.8, 4) is 5.75 Å². The van der Waals surface area contributed by atoms with Crippen LogP contribution in [0, 0.1) is 5.82 Å². The van der Waals surface area contributed by atoms with Crippen LogP contribution < -0.4 is 9.75 Å². The van der Waals surface area contributed by atoms with Crippen molar-refractivity contribution in [1.82, 2.24) is 9.80 Å². The summed E-state index contributed by atoms with van der Waals surface area (Å²) in [5, 5.41) is 17.7. The molecule has 1 amide bonds. The monoisotopic (exact) mass is 480 g/mol. The summed E-state index contributed by atoms with van der Waals surface area (Å²) in [5.41, 5.74) is 1.80. The molecule has 2 aromatic carbocycles. The van der Waals surface area contributed by atoms with Gasteiger partial charge < -0.3 is 14.7 Å². The molecule has 0 spiro atoms. The highest BCUT2D eigenvalue weighted by Gasteiger charge is 2.55. The summed E-state index contributed by atoms with van der Waals surface area (Å²) in [6.45, 7) is 7.90. The van der Waals surface area contributed by atoms with E-state index in [1.807, 2.05) is 28.1 Å². The van der Waals surface area contributed by atoms with Crippen molar-refractivity contribution in [2.75, 3.05) is 44.3 Å². The predicted octanol–water partition coefficient (Wildman–Crippen LogP) is 3.03. The van der Waals surface area contributed by atoms with Crippen LogP contribution in [0.3, 0.4) is 0 Å². The number of rotatable bonds is 6. The van der Waals surface area contributed by atoms with Gasteiger partial charge in [-0.15, -0.1) is 0 Å². The van der Waals surface area contributed by atoms with Crippen molar-refractivity contribution in [2.24, 2.45) is 5.10 Å². The molecule has 1 fully saturated rings. The highest BCUT2D eigenvalue weighted by Crippen LogP contribution is 2.49. The normalized spacial score (nSPS) is 24.9. The standard InChI is InChI=1S/C27H33FN4O3/c1-19(33)26-27(21-7-4-3-5-8-21,11-6-12-30-13-15-31(16-14-30)20(2)34)25-18-35-24-10-9-22(28)17-23(24)32(25)29-26/h3-5,7-10,17,19,25,33H,6,11-16,18H2,1-2H3/t19-,25?,27-/m1/s1. The van der Waals surface area contributed by atoms with Gasteiger partial charge in [0.2, 0.25) is 5.91 Å². The predicted molar refractivity (Wildman–Crippen MR) is 133 cm³/mol. The number of piperazine rings is 1. The minimum absolute atomic E-state index is 0.130. The number of hydrogen-bond donors (Lipinski definition) is 1. The summed E-state index contributed by atoms with van der Waals surface area (Å²) >= 11 is 0. The molecule has 8 heteroatoms. The lowest BCUT2D eigenvalue weighted by Crippen LogP contribution is -2.54. The fraction of sp³-hybridized carbons (Fsp3) is 0.481. The van der Waals surface area contributed by atoms with Crippen molar-refractivity contribution >= 4 is 17.3 Å². The van der Waals surface area contributed by atoms with Crippen LogP contribution in [-0.2, 0) is 10.2 Å². The van der Waals surface area contributed by atoms with Crippen molar-refractivity contribution in [3.05, 3.63) is 59.9 Å². The Bertz CT molecular complexity index is 1100. The van der Waals surface area contributed by atoms with E-state index in [0.29, 0.717) is 23.8 Å². The molecule has 3 heterocycles. The number of hydrogen-bond acceptors (Lipinski definition) is 6. The van der Waals surface area contributed by atoms with E-state index in [1.54, 1.807) is 19.9 Å². The summed E-state index contributed by atoms with van der Waals surface area (Å²) < 4.78 is 20.3. The van der Waals surface area contributed by atoms with Crippen LogP contribution in [-0.4, -0.2) is 78.0 Å². The van der Waals surface area contributed by atoms with Gasteiger partial charge in [0.05, 0.1) is 17.2 Å².